The quantitative estimate of drug-likeness (QED) is 0.232. The van der Waals surface area contributed by atoms with Crippen molar-refractivity contribution in [3.63, 3.8) is 0 Å². The molecule has 1 spiro atoms. The molecule has 43 heavy (non-hydrogen) atoms. The van der Waals surface area contributed by atoms with Crippen LogP contribution in [-0.4, -0.2) is 100 Å². The molecule has 2 amide bonds. The SMILES string of the molecule is COc1ccc2c3c1O[C@H]1C(OC(=O)[C@H](Cc4c[nH]cn4)NC(=O)CCNC(=O)[C@H](C)O)=CC[C@@]4(O)[C@@H](C2)N(C)CC[C@]314. The Morgan fingerprint density at radius 1 is 1.33 bits per heavy atom. The first-order valence-electron chi connectivity index (χ1n) is 14.5. The van der Waals surface area contributed by atoms with E-state index in [1.807, 2.05) is 19.2 Å². The number of imidazole rings is 1. The van der Waals surface area contributed by atoms with E-state index in [9.17, 15) is 24.6 Å². The second-order valence-electron chi connectivity index (χ2n) is 11.8. The number of hydrogen-bond acceptors (Lipinski definition) is 10. The van der Waals surface area contributed by atoms with Crippen molar-refractivity contribution in [2.75, 3.05) is 27.2 Å². The molecule has 1 aromatic carbocycles. The molecule has 1 saturated heterocycles. The number of esters is 1. The van der Waals surface area contributed by atoms with Gasteiger partial charge in [-0.15, -0.1) is 0 Å². The first kappa shape index (κ1) is 29.1. The number of methoxy groups -OCH3 is 1. The molecule has 230 valence electrons. The Kier molecular flexibility index (Phi) is 7.43. The van der Waals surface area contributed by atoms with Gasteiger partial charge in [0.1, 0.15) is 17.9 Å². The Bertz CT molecular complexity index is 1460. The number of piperidine rings is 1. The van der Waals surface area contributed by atoms with Gasteiger partial charge in [-0.3, -0.25) is 9.59 Å². The van der Waals surface area contributed by atoms with Gasteiger partial charge in [0.05, 0.1) is 30.1 Å². The number of hydrogen-bond donors (Lipinski definition) is 5. The van der Waals surface area contributed by atoms with Crippen LogP contribution >= 0.6 is 0 Å². The van der Waals surface area contributed by atoms with E-state index in [1.165, 1.54) is 13.3 Å². The van der Waals surface area contributed by atoms with E-state index < -0.39 is 47.0 Å². The summed E-state index contributed by atoms with van der Waals surface area (Å²) in [6.45, 7) is 2.04. The van der Waals surface area contributed by atoms with Crippen LogP contribution in [0.5, 0.6) is 11.5 Å². The minimum Gasteiger partial charge on any atom is -0.493 e. The molecule has 13 nitrogen and oxygen atoms in total. The lowest BCUT2D eigenvalue weighted by atomic mass is 9.50. The summed E-state index contributed by atoms with van der Waals surface area (Å²) in [5.41, 5.74) is 0.559. The highest BCUT2D eigenvalue weighted by atomic mass is 16.6. The van der Waals surface area contributed by atoms with E-state index >= 15 is 0 Å². The van der Waals surface area contributed by atoms with E-state index in [-0.39, 0.29) is 37.6 Å². The summed E-state index contributed by atoms with van der Waals surface area (Å²) in [6.07, 6.45) is 4.33. The number of aliphatic hydroxyl groups excluding tert-OH is 1. The normalized spacial score (nSPS) is 28.1. The van der Waals surface area contributed by atoms with Crippen LogP contribution in [0.1, 0.15) is 43.0 Å². The lowest BCUT2D eigenvalue weighted by Gasteiger charge is -2.61. The van der Waals surface area contributed by atoms with Crippen molar-refractivity contribution in [3.05, 3.63) is 53.3 Å². The molecule has 1 fully saturated rings. The van der Waals surface area contributed by atoms with Crippen molar-refractivity contribution >= 4 is 17.8 Å². The number of H-pyrrole nitrogens is 1. The number of aromatic amines is 1. The molecule has 5 N–H and O–H groups in total. The number of likely N-dealkylation sites (N-methyl/N-ethyl adjacent to an activating group) is 1. The number of ether oxygens (including phenoxy) is 3. The highest BCUT2D eigenvalue weighted by molar-refractivity contribution is 5.86. The molecule has 2 aromatic rings. The maximum absolute atomic E-state index is 13.7. The molecule has 0 unspecified atom stereocenters. The number of carbonyl (C=O) groups is 3. The average molecular weight is 596 g/mol. The molecule has 6 atom stereocenters. The van der Waals surface area contributed by atoms with E-state index in [4.69, 9.17) is 14.2 Å². The lowest BCUT2D eigenvalue weighted by Crippen LogP contribution is -2.74. The van der Waals surface area contributed by atoms with Crippen molar-refractivity contribution < 1.29 is 38.8 Å². The fourth-order valence-electron chi connectivity index (χ4n) is 7.29. The standard InChI is InChI=1S/C30H37N5O8/c1-16(36)27(38)32-10-7-23(37)34-19(13-18-14-31-15-33-18)28(39)42-21-6-8-30(40)22-12-17-4-5-20(41-3)25-24(17)29(30,26(21)43-25)9-11-35(22)2/h4-6,14-16,19,22,26,36,40H,7-13H2,1-3H3,(H,31,33)(H,32,38)(H,34,37)/t16-,19-,22+,26-,29-,30+/m0/s1. The lowest BCUT2D eigenvalue weighted by molar-refractivity contribution is -0.170. The van der Waals surface area contributed by atoms with Crippen molar-refractivity contribution in [3.8, 4) is 11.5 Å². The van der Waals surface area contributed by atoms with Gasteiger partial charge in [-0.05, 0) is 51.1 Å². The van der Waals surface area contributed by atoms with E-state index in [0.29, 0.717) is 30.0 Å². The third kappa shape index (κ3) is 4.66. The van der Waals surface area contributed by atoms with Gasteiger partial charge in [0.25, 0.3) is 0 Å². The monoisotopic (exact) mass is 595 g/mol. The van der Waals surface area contributed by atoms with Crippen LogP contribution in [-0.2, 0) is 37.4 Å². The molecule has 1 aromatic heterocycles. The third-order valence-corrected chi connectivity index (χ3v) is 9.40. The smallest absolute Gasteiger partial charge is 0.334 e. The summed E-state index contributed by atoms with van der Waals surface area (Å²) in [6, 6.07) is 2.66. The van der Waals surface area contributed by atoms with Gasteiger partial charge in [0, 0.05) is 43.6 Å². The van der Waals surface area contributed by atoms with Gasteiger partial charge in [-0.1, -0.05) is 6.07 Å². The molecule has 3 heterocycles. The van der Waals surface area contributed by atoms with Crippen LogP contribution in [0.15, 0.2) is 36.5 Å². The summed E-state index contributed by atoms with van der Waals surface area (Å²) in [5, 5.41) is 26.9. The Hall–Kier alpha value is -3.94. The van der Waals surface area contributed by atoms with Gasteiger partial charge in [-0.2, -0.15) is 0 Å². The predicted octanol–water partition coefficient (Wildman–Crippen LogP) is -0.146. The zero-order valence-electron chi connectivity index (χ0n) is 24.4. The maximum Gasteiger partial charge on any atom is 0.334 e. The molecule has 6 rings (SSSR count). The Labute approximate surface area is 248 Å². The summed E-state index contributed by atoms with van der Waals surface area (Å²) < 4.78 is 18.2. The van der Waals surface area contributed by atoms with Crippen LogP contribution in [0.25, 0.3) is 0 Å². The third-order valence-electron chi connectivity index (χ3n) is 9.40. The summed E-state index contributed by atoms with van der Waals surface area (Å²) in [5.74, 6) is -0.382. The molecule has 0 radical (unpaired) electrons. The Balaban J connectivity index is 1.26. The van der Waals surface area contributed by atoms with E-state index in [1.54, 1.807) is 19.4 Å². The van der Waals surface area contributed by atoms with Gasteiger partial charge in [-0.25, -0.2) is 9.78 Å². The minimum atomic E-state index is -1.20. The average Bonchev–Trinajstić information content (AvgIpc) is 3.62. The number of rotatable bonds is 10. The van der Waals surface area contributed by atoms with Gasteiger partial charge >= 0.3 is 5.97 Å². The first-order valence-corrected chi connectivity index (χ1v) is 14.5. The Morgan fingerprint density at radius 3 is 2.86 bits per heavy atom. The zero-order chi connectivity index (χ0) is 30.5. The van der Waals surface area contributed by atoms with E-state index in [2.05, 4.69) is 25.5 Å². The fraction of sp³-hybridized carbons (Fsp3) is 0.533. The van der Waals surface area contributed by atoms with Gasteiger partial charge in [0.2, 0.25) is 11.8 Å². The second-order valence-corrected chi connectivity index (χ2v) is 11.8. The number of amides is 2. The largest absolute Gasteiger partial charge is 0.493 e. The minimum absolute atomic E-state index is 0.0139. The molecule has 0 saturated carbocycles. The summed E-state index contributed by atoms with van der Waals surface area (Å²) in [4.78, 5) is 47.4. The second kappa shape index (κ2) is 11.0. The molecule has 4 aliphatic rings. The van der Waals surface area contributed by atoms with Crippen LogP contribution in [0.4, 0.5) is 0 Å². The summed E-state index contributed by atoms with van der Waals surface area (Å²) >= 11 is 0. The number of likely N-dealkylation sites (tertiary alicyclic amines) is 1. The maximum atomic E-state index is 13.7. The molecular formula is C30H37N5O8. The van der Waals surface area contributed by atoms with Gasteiger partial charge in [0.15, 0.2) is 17.6 Å². The number of nitrogens with zero attached hydrogens (tertiary/aromatic N) is 2. The van der Waals surface area contributed by atoms with Crippen molar-refractivity contribution in [2.24, 2.45) is 0 Å². The number of carbonyl (C=O) groups excluding carboxylic acids is 3. The zero-order valence-corrected chi connectivity index (χ0v) is 24.4. The molecule has 2 aliphatic heterocycles. The predicted molar refractivity (Wildman–Crippen MR) is 151 cm³/mol. The van der Waals surface area contributed by atoms with E-state index in [0.717, 1.165) is 17.7 Å². The highest BCUT2D eigenvalue weighted by Gasteiger charge is 2.72. The number of aliphatic hydroxyl groups is 2. The highest BCUT2D eigenvalue weighted by Crippen LogP contribution is 2.65. The van der Waals surface area contributed by atoms with Crippen LogP contribution < -0.4 is 20.1 Å². The van der Waals surface area contributed by atoms with Crippen molar-refractivity contribution in [2.45, 2.75) is 74.3 Å². The van der Waals surface area contributed by atoms with Crippen molar-refractivity contribution in [1.29, 1.82) is 0 Å². The molecule has 2 aliphatic carbocycles. The first-order chi connectivity index (χ1) is 20.6. The summed E-state index contributed by atoms with van der Waals surface area (Å²) in [7, 11) is 3.59. The number of benzene rings is 1. The van der Waals surface area contributed by atoms with Crippen LogP contribution in [0.3, 0.4) is 0 Å². The van der Waals surface area contributed by atoms with Gasteiger partial charge < -0.3 is 44.9 Å². The van der Waals surface area contributed by atoms with Crippen molar-refractivity contribution in [1.82, 2.24) is 25.5 Å². The van der Waals surface area contributed by atoms with Crippen LogP contribution in [0, 0.1) is 0 Å². The number of nitrogens with one attached hydrogen (secondary N) is 3. The molecular weight excluding hydrogens is 558 g/mol. The topological polar surface area (TPSA) is 175 Å². The molecule has 13 heteroatoms. The fourth-order valence-corrected chi connectivity index (χ4v) is 7.29. The Morgan fingerprint density at radius 2 is 2.14 bits per heavy atom. The van der Waals surface area contributed by atoms with Crippen LogP contribution in [0.2, 0.25) is 0 Å². The number of aromatic nitrogens is 2. The molecule has 2 bridgehead atoms.